The third-order valence-electron chi connectivity index (χ3n) is 1.28. The minimum atomic E-state index is -0.269. The summed E-state index contributed by atoms with van der Waals surface area (Å²) >= 11 is 5.67. The van der Waals surface area contributed by atoms with Crippen LogP contribution >= 0.6 is 11.6 Å². The van der Waals surface area contributed by atoms with Crippen molar-refractivity contribution in [3.8, 4) is 0 Å². The van der Waals surface area contributed by atoms with E-state index in [0.717, 1.165) is 5.56 Å². The highest BCUT2D eigenvalue weighted by molar-refractivity contribution is 6.69. The van der Waals surface area contributed by atoms with E-state index >= 15 is 0 Å². The summed E-state index contributed by atoms with van der Waals surface area (Å²) in [6, 6.07) is 5.88. The van der Waals surface area contributed by atoms with Gasteiger partial charge in [0.2, 0.25) is 0 Å². The Morgan fingerprint density at radius 3 is 2.36 bits per heavy atom. The Morgan fingerprint density at radius 1 is 1.36 bits per heavy atom. The molecule has 0 amide bonds. The quantitative estimate of drug-likeness (QED) is 0.576. The first kappa shape index (κ1) is 8.21. The predicted octanol–water partition coefficient (Wildman–Crippen LogP) is 2.44. The van der Waals surface area contributed by atoms with Crippen LogP contribution in [0.15, 0.2) is 29.3 Å². The van der Waals surface area contributed by atoms with Crippen LogP contribution < -0.4 is 0 Å². The van der Waals surface area contributed by atoms with Crippen molar-refractivity contribution < 1.29 is 4.39 Å². The Bertz CT molecular complexity index is 266. The Balaban J connectivity index is 2.99. The second kappa shape index (κ2) is 3.49. The summed E-state index contributed by atoms with van der Waals surface area (Å²) in [6.07, 6.45) is 0. The van der Waals surface area contributed by atoms with Crippen LogP contribution in [0.1, 0.15) is 5.56 Å². The summed E-state index contributed by atoms with van der Waals surface area (Å²) in [6.45, 7) is 0. The van der Waals surface area contributed by atoms with Crippen molar-refractivity contribution in [2.45, 2.75) is 0 Å². The van der Waals surface area contributed by atoms with Gasteiger partial charge in [-0.15, -0.1) is 0 Å². The van der Waals surface area contributed by atoms with Crippen LogP contribution in [0, 0.1) is 5.82 Å². The number of aliphatic imine (C=N–C) groups is 1. The minimum absolute atomic E-state index is 0.269. The van der Waals surface area contributed by atoms with Crippen molar-refractivity contribution in [1.82, 2.24) is 0 Å². The first-order valence-corrected chi connectivity index (χ1v) is 3.50. The number of hydrogen-bond acceptors (Lipinski definition) is 1. The lowest BCUT2D eigenvalue weighted by atomic mass is 10.2. The van der Waals surface area contributed by atoms with E-state index in [1.807, 2.05) is 0 Å². The van der Waals surface area contributed by atoms with Gasteiger partial charge < -0.3 is 0 Å². The van der Waals surface area contributed by atoms with Gasteiger partial charge in [-0.2, -0.15) is 0 Å². The first-order chi connectivity index (χ1) is 5.24. The number of halogens is 2. The molecule has 0 radical (unpaired) electrons. The van der Waals surface area contributed by atoms with Crippen molar-refractivity contribution in [2.75, 3.05) is 7.05 Å². The van der Waals surface area contributed by atoms with E-state index in [4.69, 9.17) is 11.6 Å². The molecule has 0 N–H and O–H groups in total. The number of benzene rings is 1. The van der Waals surface area contributed by atoms with Gasteiger partial charge in [0.15, 0.2) is 0 Å². The van der Waals surface area contributed by atoms with E-state index in [9.17, 15) is 4.39 Å². The van der Waals surface area contributed by atoms with Crippen molar-refractivity contribution in [3.63, 3.8) is 0 Å². The second-order valence-electron chi connectivity index (χ2n) is 2.02. The molecule has 0 aliphatic rings. The summed E-state index contributed by atoms with van der Waals surface area (Å²) in [7, 11) is 1.59. The molecule has 0 aliphatic carbocycles. The summed E-state index contributed by atoms with van der Waals surface area (Å²) in [5.74, 6) is -0.269. The third kappa shape index (κ3) is 2.02. The van der Waals surface area contributed by atoms with Gasteiger partial charge in [0.25, 0.3) is 0 Å². The third-order valence-corrected chi connectivity index (χ3v) is 1.67. The molecular formula is C8H7ClFN. The topological polar surface area (TPSA) is 12.4 Å². The monoisotopic (exact) mass is 171 g/mol. The van der Waals surface area contributed by atoms with Gasteiger partial charge in [0, 0.05) is 12.6 Å². The predicted molar refractivity (Wildman–Crippen MR) is 44.7 cm³/mol. The van der Waals surface area contributed by atoms with E-state index in [-0.39, 0.29) is 5.82 Å². The molecule has 0 atom stereocenters. The number of hydrogen-bond donors (Lipinski definition) is 0. The second-order valence-corrected chi connectivity index (χ2v) is 2.38. The zero-order valence-corrected chi connectivity index (χ0v) is 6.77. The molecule has 0 fully saturated rings. The van der Waals surface area contributed by atoms with E-state index in [2.05, 4.69) is 4.99 Å². The minimum Gasteiger partial charge on any atom is -0.276 e. The van der Waals surface area contributed by atoms with Crippen molar-refractivity contribution in [3.05, 3.63) is 35.6 Å². The number of rotatable bonds is 1. The average Bonchev–Trinajstić information content (AvgIpc) is 2.05. The smallest absolute Gasteiger partial charge is 0.130 e. The maximum absolute atomic E-state index is 12.4. The molecule has 0 heterocycles. The summed E-state index contributed by atoms with van der Waals surface area (Å²) in [5.41, 5.74) is 0.732. The Labute approximate surface area is 69.5 Å². The van der Waals surface area contributed by atoms with Gasteiger partial charge in [0.05, 0.1) is 0 Å². The normalized spacial score (nSPS) is 11.7. The molecule has 1 rings (SSSR count). The number of nitrogens with zero attached hydrogens (tertiary/aromatic N) is 1. The van der Waals surface area contributed by atoms with Crippen LogP contribution in [-0.4, -0.2) is 12.2 Å². The van der Waals surface area contributed by atoms with Crippen LogP contribution in [0.5, 0.6) is 0 Å². The molecule has 1 nitrogen and oxygen atoms in total. The fraction of sp³-hybridized carbons (Fsp3) is 0.125. The molecule has 0 saturated heterocycles. The van der Waals surface area contributed by atoms with Crippen molar-refractivity contribution in [1.29, 1.82) is 0 Å². The molecule has 0 aromatic heterocycles. The summed E-state index contributed by atoms with van der Waals surface area (Å²) in [5, 5.41) is 0.394. The van der Waals surface area contributed by atoms with Gasteiger partial charge in [0.1, 0.15) is 11.0 Å². The molecule has 0 aliphatic heterocycles. The zero-order chi connectivity index (χ0) is 8.27. The molecule has 1 aromatic carbocycles. The first-order valence-electron chi connectivity index (χ1n) is 3.12. The average molecular weight is 172 g/mol. The molecule has 0 saturated carbocycles. The van der Waals surface area contributed by atoms with Gasteiger partial charge in [-0.3, -0.25) is 4.99 Å². The fourth-order valence-corrected chi connectivity index (χ4v) is 0.843. The van der Waals surface area contributed by atoms with Crippen LogP contribution in [0.3, 0.4) is 0 Å². The van der Waals surface area contributed by atoms with E-state index in [1.54, 1.807) is 19.2 Å². The van der Waals surface area contributed by atoms with E-state index in [0.29, 0.717) is 5.17 Å². The SMILES string of the molecule is CN=C(Cl)c1ccc(F)cc1. The zero-order valence-electron chi connectivity index (χ0n) is 6.01. The molecule has 0 bridgehead atoms. The molecule has 11 heavy (non-hydrogen) atoms. The fourth-order valence-electron chi connectivity index (χ4n) is 0.717. The highest BCUT2D eigenvalue weighted by Crippen LogP contribution is 2.06. The molecule has 3 heteroatoms. The van der Waals surface area contributed by atoms with Crippen LogP contribution in [0.4, 0.5) is 4.39 Å². The van der Waals surface area contributed by atoms with Gasteiger partial charge >= 0.3 is 0 Å². The van der Waals surface area contributed by atoms with Gasteiger partial charge in [-0.25, -0.2) is 4.39 Å². The molecule has 1 aromatic rings. The lowest BCUT2D eigenvalue weighted by Gasteiger charge is -1.95. The van der Waals surface area contributed by atoms with Gasteiger partial charge in [-0.1, -0.05) is 11.6 Å². The van der Waals surface area contributed by atoms with E-state index in [1.165, 1.54) is 12.1 Å². The molecule has 0 spiro atoms. The van der Waals surface area contributed by atoms with Crippen molar-refractivity contribution in [2.24, 2.45) is 4.99 Å². The lowest BCUT2D eigenvalue weighted by Crippen LogP contribution is -1.89. The van der Waals surface area contributed by atoms with Crippen LogP contribution in [-0.2, 0) is 0 Å². The summed E-state index contributed by atoms with van der Waals surface area (Å²) in [4.78, 5) is 3.75. The Kier molecular flexibility index (Phi) is 2.60. The molecular weight excluding hydrogens is 165 g/mol. The maximum atomic E-state index is 12.4. The standard InChI is InChI=1S/C8H7ClFN/c1-11-8(9)6-2-4-7(10)5-3-6/h2-5H,1H3. The van der Waals surface area contributed by atoms with Crippen LogP contribution in [0.25, 0.3) is 0 Å². The Morgan fingerprint density at radius 2 is 1.91 bits per heavy atom. The van der Waals surface area contributed by atoms with E-state index < -0.39 is 0 Å². The largest absolute Gasteiger partial charge is 0.276 e. The molecule has 0 unspecified atom stereocenters. The Hall–Kier alpha value is -0.890. The van der Waals surface area contributed by atoms with Crippen LogP contribution in [0.2, 0.25) is 0 Å². The highest BCUT2D eigenvalue weighted by Gasteiger charge is 1.96. The molecule has 58 valence electrons. The van der Waals surface area contributed by atoms with Gasteiger partial charge in [-0.05, 0) is 24.3 Å². The highest BCUT2D eigenvalue weighted by atomic mass is 35.5. The van der Waals surface area contributed by atoms with Crippen molar-refractivity contribution >= 4 is 16.8 Å². The maximum Gasteiger partial charge on any atom is 0.130 e. The lowest BCUT2D eigenvalue weighted by molar-refractivity contribution is 0.628. The summed E-state index contributed by atoms with van der Waals surface area (Å²) < 4.78 is 12.4.